The number of H-pyrrole nitrogens is 1. The molecule has 1 atom stereocenters. The molecule has 4 heterocycles. The molecule has 1 unspecified atom stereocenters. The minimum absolute atomic E-state index is 0.0197. The van der Waals surface area contributed by atoms with E-state index in [0.717, 1.165) is 60.3 Å². The van der Waals surface area contributed by atoms with E-state index in [-0.39, 0.29) is 12.0 Å². The van der Waals surface area contributed by atoms with Gasteiger partial charge in [-0.25, -0.2) is 4.98 Å². The summed E-state index contributed by atoms with van der Waals surface area (Å²) in [5.74, 6) is 0.415. The third-order valence-electron chi connectivity index (χ3n) is 7.33. The van der Waals surface area contributed by atoms with E-state index in [1.165, 1.54) is 6.92 Å². The van der Waals surface area contributed by atoms with Crippen molar-refractivity contribution in [1.82, 2.24) is 20.2 Å². The van der Waals surface area contributed by atoms with E-state index in [9.17, 15) is 9.90 Å². The molecule has 2 aliphatic rings. The number of carbonyl (C=O) groups excluding carboxylic acids is 1. The number of aromatic amines is 1. The summed E-state index contributed by atoms with van der Waals surface area (Å²) < 4.78 is 11.6. The number of ether oxygens (including phenoxy) is 2. The van der Waals surface area contributed by atoms with Gasteiger partial charge in [0.2, 0.25) is 0 Å². The van der Waals surface area contributed by atoms with E-state index in [2.05, 4.69) is 33.5 Å². The van der Waals surface area contributed by atoms with E-state index in [1.54, 1.807) is 4.90 Å². The van der Waals surface area contributed by atoms with Crippen LogP contribution in [0.4, 0.5) is 5.69 Å². The summed E-state index contributed by atoms with van der Waals surface area (Å²) in [6, 6.07) is 8.53. The first-order chi connectivity index (χ1) is 18.5. The molecule has 5 N–H and O–H groups in total. The molecule has 5 rings (SSSR count). The first-order valence-electron chi connectivity index (χ1n) is 13.5. The second kappa shape index (κ2) is 12.0. The fourth-order valence-corrected chi connectivity index (χ4v) is 5.14. The largest absolute Gasteiger partial charge is 0.488 e. The van der Waals surface area contributed by atoms with E-state index in [4.69, 9.17) is 15.2 Å². The molecule has 2 aliphatic heterocycles. The zero-order valence-electron chi connectivity index (χ0n) is 21.9. The highest BCUT2D eigenvalue weighted by Gasteiger charge is 2.26. The summed E-state index contributed by atoms with van der Waals surface area (Å²) in [4.78, 5) is 21.6. The molecule has 38 heavy (non-hydrogen) atoms. The van der Waals surface area contributed by atoms with E-state index < -0.39 is 6.10 Å². The summed E-state index contributed by atoms with van der Waals surface area (Å²) in [6.45, 7) is 5.12. The topological polar surface area (TPSA) is 126 Å². The molecule has 1 amide bonds. The van der Waals surface area contributed by atoms with E-state index in [1.807, 2.05) is 30.6 Å². The van der Waals surface area contributed by atoms with Gasteiger partial charge in [-0.1, -0.05) is 18.2 Å². The van der Waals surface area contributed by atoms with Crippen LogP contribution in [0.3, 0.4) is 0 Å². The van der Waals surface area contributed by atoms with Crippen molar-refractivity contribution < 1.29 is 19.4 Å². The lowest BCUT2D eigenvalue weighted by Gasteiger charge is -2.33. The predicted octanol–water partition coefficient (Wildman–Crippen LogP) is 3.34. The molecule has 1 aromatic carbocycles. The van der Waals surface area contributed by atoms with Gasteiger partial charge < -0.3 is 35.5 Å². The van der Waals surface area contributed by atoms with Gasteiger partial charge in [-0.3, -0.25) is 4.79 Å². The van der Waals surface area contributed by atoms with Crippen molar-refractivity contribution in [3.8, 4) is 16.9 Å². The number of fused-ring (bicyclic) bond motifs is 1. The number of nitrogen functional groups attached to an aromatic ring is 1. The number of nitrogens with one attached hydrogen (secondary N) is 2. The van der Waals surface area contributed by atoms with Crippen LogP contribution >= 0.6 is 0 Å². The van der Waals surface area contributed by atoms with Gasteiger partial charge in [0.1, 0.15) is 23.6 Å². The number of rotatable bonds is 8. The molecule has 3 aromatic rings. The van der Waals surface area contributed by atoms with Crippen molar-refractivity contribution in [2.24, 2.45) is 0 Å². The molecule has 0 aliphatic carbocycles. The summed E-state index contributed by atoms with van der Waals surface area (Å²) in [5.41, 5.74) is 10.9. The second-order valence-electron chi connectivity index (χ2n) is 10.1. The minimum Gasteiger partial charge on any atom is -0.488 e. The maximum atomic E-state index is 12.0. The Morgan fingerprint density at radius 1 is 1.29 bits per heavy atom. The molecule has 0 saturated carbocycles. The number of piperidine rings is 1. The lowest BCUT2D eigenvalue weighted by molar-refractivity contribution is -0.141. The molecule has 0 radical (unpaired) electrons. The van der Waals surface area contributed by atoms with Crippen molar-refractivity contribution in [3.05, 3.63) is 48.3 Å². The number of aromatic nitrogens is 2. The smallest absolute Gasteiger partial charge is 0.251 e. The van der Waals surface area contributed by atoms with Crippen LogP contribution in [0, 0.1) is 0 Å². The van der Waals surface area contributed by atoms with Crippen LogP contribution in [-0.4, -0.2) is 77.0 Å². The number of aliphatic hydroxyl groups is 1. The maximum absolute atomic E-state index is 12.0. The Bertz CT molecular complexity index is 1270. The molecule has 9 heteroatoms. The standard InChI is InChI=1S/C29H37N5O4/c1-19(35)29(36)34-11-6-23(7-12-34)38-27-5-4-21(16-26(27)30)25-18-33-28-24(25)15-20(17-32-28)3-2-10-31-22-8-13-37-14-9-22/h2-5,15-19,22-23,31,35H,6-14,30H2,1H3,(H,32,33). The molecular formula is C29H37N5O4. The van der Waals surface area contributed by atoms with Gasteiger partial charge in [0, 0.05) is 75.1 Å². The Balaban J connectivity index is 1.23. The average molecular weight is 520 g/mol. The number of hydrogen-bond donors (Lipinski definition) is 4. The van der Waals surface area contributed by atoms with Crippen LogP contribution < -0.4 is 15.8 Å². The first kappa shape index (κ1) is 26.2. The molecule has 2 aromatic heterocycles. The molecule has 0 bridgehead atoms. The SMILES string of the molecule is CC(O)C(=O)N1CCC(Oc2ccc(-c3c[nH]c4ncc(C=CCNC5CCOCC5)cc34)cc2N)CC1. The highest BCUT2D eigenvalue weighted by atomic mass is 16.5. The predicted molar refractivity (Wildman–Crippen MR) is 149 cm³/mol. The third-order valence-corrected chi connectivity index (χ3v) is 7.33. The number of pyridine rings is 1. The number of anilines is 1. The van der Waals surface area contributed by atoms with Crippen LogP contribution in [0.1, 0.15) is 38.2 Å². The van der Waals surface area contributed by atoms with Crippen LogP contribution in [-0.2, 0) is 9.53 Å². The first-order valence-corrected chi connectivity index (χ1v) is 13.5. The fraction of sp³-hybridized carbons (Fsp3) is 0.448. The number of nitrogens with zero attached hydrogens (tertiary/aromatic N) is 2. The minimum atomic E-state index is -0.971. The highest BCUT2D eigenvalue weighted by Crippen LogP contribution is 2.34. The second-order valence-corrected chi connectivity index (χ2v) is 10.1. The summed E-state index contributed by atoms with van der Waals surface area (Å²) in [6.07, 6.45) is 10.6. The summed E-state index contributed by atoms with van der Waals surface area (Å²) in [7, 11) is 0. The van der Waals surface area contributed by atoms with Gasteiger partial charge >= 0.3 is 0 Å². The van der Waals surface area contributed by atoms with Gasteiger partial charge in [-0.05, 0) is 49.1 Å². The molecule has 202 valence electrons. The fourth-order valence-electron chi connectivity index (χ4n) is 5.14. The zero-order valence-corrected chi connectivity index (χ0v) is 21.9. The van der Waals surface area contributed by atoms with Crippen molar-refractivity contribution >= 4 is 28.7 Å². The Hall–Kier alpha value is -3.40. The Labute approximate surface area is 223 Å². The maximum Gasteiger partial charge on any atom is 0.251 e. The average Bonchev–Trinajstić information content (AvgIpc) is 3.36. The van der Waals surface area contributed by atoms with Crippen molar-refractivity contribution in [2.45, 2.75) is 50.9 Å². The molecule has 2 saturated heterocycles. The van der Waals surface area contributed by atoms with Crippen LogP contribution in [0.15, 0.2) is 42.7 Å². The molecule has 0 spiro atoms. The normalized spacial score (nSPS) is 18.3. The monoisotopic (exact) mass is 519 g/mol. The van der Waals surface area contributed by atoms with Gasteiger partial charge in [0.05, 0.1) is 5.69 Å². The number of aliphatic hydroxyl groups excluding tert-OH is 1. The lowest BCUT2D eigenvalue weighted by atomic mass is 10.0. The van der Waals surface area contributed by atoms with Gasteiger partial charge in [0.25, 0.3) is 5.91 Å². The highest BCUT2D eigenvalue weighted by molar-refractivity contribution is 5.95. The Kier molecular flexibility index (Phi) is 8.26. The molecule has 2 fully saturated rings. The van der Waals surface area contributed by atoms with Gasteiger partial charge in [-0.15, -0.1) is 0 Å². The Morgan fingerprint density at radius 2 is 2.08 bits per heavy atom. The molecule has 9 nitrogen and oxygen atoms in total. The number of nitrogens with two attached hydrogens (primary N) is 1. The van der Waals surface area contributed by atoms with Crippen molar-refractivity contribution in [3.63, 3.8) is 0 Å². The van der Waals surface area contributed by atoms with Gasteiger partial charge in [-0.2, -0.15) is 0 Å². The van der Waals surface area contributed by atoms with Crippen molar-refractivity contribution in [2.75, 3.05) is 38.6 Å². The van der Waals surface area contributed by atoms with E-state index in [0.29, 0.717) is 43.4 Å². The summed E-state index contributed by atoms with van der Waals surface area (Å²) >= 11 is 0. The number of carbonyl (C=O) groups is 1. The summed E-state index contributed by atoms with van der Waals surface area (Å²) in [5, 5.41) is 14.1. The quantitative estimate of drug-likeness (QED) is 0.336. The third kappa shape index (κ3) is 6.18. The Morgan fingerprint density at radius 3 is 2.82 bits per heavy atom. The van der Waals surface area contributed by atoms with Crippen LogP contribution in [0.25, 0.3) is 28.2 Å². The molecular weight excluding hydrogens is 482 g/mol. The number of hydrogen-bond acceptors (Lipinski definition) is 7. The number of benzene rings is 1. The zero-order chi connectivity index (χ0) is 26.5. The van der Waals surface area contributed by atoms with Crippen LogP contribution in [0.5, 0.6) is 5.75 Å². The number of likely N-dealkylation sites (tertiary alicyclic amines) is 1. The van der Waals surface area contributed by atoms with Crippen LogP contribution in [0.2, 0.25) is 0 Å². The van der Waals surface area contributed by atoms with Gasteiger partial charge in [0.15, 0.2) is 0 Å². The lowest BCUT2D eigenvalue weighted by Crippen LogP contribution is -2.45. The van der Waals surface area contributed by atoms with E-state index >= 15 is 0 Å². The van der Waals surface area contributed by atoms with Crippen molar-refractivity contribution in [1.29, 1.82) is 0 Å². The number of amides is 1.